The number of halogens is 2. The van der Waals surface area contributed by atoms with Crippen LogP contribution in [0.2, 0.25) is 0 Å². The van der Waals surface area contributed by atoms with E-state index in [0.717, 1.165) is 5.56 Å². The average molecular weight is 325 g/mol. The standard InChI is InChI=1S/C13H10BrFN2O2/c14-8-4-7-11(6-19-12(7)5-9(8)15)17-13(18)10-2-1-3-16-10/h1-5,11,16H,6H2,(H,17,18)/t11-/m1/s1. The number of benzene rings is 1. The fraction of sp³-hybridized carbons (Fsp3) is 0.154. The summed E-state index contributed by atoms with van der Waals surface area (Å²) in [6.07, 6.45) is 1.68. The smallest absolute Gasteiger partial charge is 0.268 e. The van der Waals surface area contributed by atoms with Gasteiger partial charge in [0.2, 0.25) is 0 Å². The van der Waals surface area contributed by atoms with Gasteiger partial charge in [-0.1, -0.05) is 0 Å². The lowest BCUT2D eigenvalue weighted by Crippen LogP contribution is -2.29. The molecule has 0 unspecified atom stereocenters. The van der Waals surface area contributed by atoms with Gasteiger partial charge in [0.25, 0.3) is 5.91 Å². The Balaban J connectivity index is 1.83. The van der Waals surface area contributed by atoms with Gasteiger partial charge in [0, 0.05) is 17.8 Å². The van der Waals surface area contributed by atoms with E-state index in [2.05, 4.69) is 26.2 Å². The fourth-order valence-electron chi connectivity index (χ4n) is 2.03. The third-order valence-electron chi connectivity index (χ3n) is 2.98. The Kier molecular flexibility index (Phi) is 3.02. The Bertz CT molecular complexity index is 628. The van der Waals surface area contributed by atoms with Gasteiger partial charge in [-0.3, -0.25) is 4.79 Å². The van der Waals surface area contributed by atoms with Crippen LogP contribution in [0.3, 0.4) is 0 Å². The molecule has 1 amide bonds. The minimum absolute atomic E-state index is 0.216. The van der Waals surface area contributed by atoms with Crippen molar-refractivity contribution in [1.29, 1.82) is 0 Å². The maximum Gasteiger partial charge on any atom is 0.268 e. The van der Waals surface area contributed by atoms with Crippen LogP contribution in [0.25, 0.3) is 0 Å². The molecule has 1 aromatic carbocycles. The number of carbonyl (C=O) groups is 1. The first-order valence-corrected chi connectivity index (χ1v) is 6.50. The van der Waals surface area contributed by atoms with Crippen molar-refractivity contribution in [3.05, 3.63) is 52.0 Å². The van der Waals surface area contributed by atoms with Crippen molar-refractivity contribution >= 4 is 21.8 Å². The van der Waals surface area contributed by atoms with E-state index < -0.39 is 0 Å². The normalized spacial score (nSPS) is 16.8. The van der Waals surface area contributed by atoms with Crippen molar-refractivity contribution in [3.8, 4) is 5.75 Å². The molecular formula is C13H10BrFN2O2. The van der Waals surface area contributed by atoms with Gasteiger partial charge in [-0.25, -0.2) is 4.39 Å². The number of amides is 1. The molecule has 98 valence electrons. The molecule has 0 saturated heterocycles. The highest BCUT2D eigenvalue weighted by Crippen LogP contribution is 2.36. The molecule has 0 bridgehead atoms. The highest BCUT2D eigenvalue weighted by atomic mass is 79.9. The van der Waals surface area contributed by atoms with Crippen LogP contribution in [-0.4, -0.2) is 17.5 Å². The number of ether oxygens (including phenoxy) is 1. The number of carbonyl (C=O) groups excluding carboxylic acids is 1. The maximum atomic E-state index is 13.4. The van der Waals surface area contributed by atoms with Crippen LogP contribution in [0.5, 0.6) is 5.75 Å². The zero-order valence-corrected chi connectivity index (χ0v) is 11.3. The van der Waals surface area contributed by atoms with Crippen LogP contribution in [0.15, 0.2) is 34.9 Å². The molecule has 3 rings (SSSR count). The van der Waals surface area contributed by atoms with E-state index >= 15 is 0 Å². The SMILES string of the molecule is O=C(N[C@@H]1COc2cc(F)c(Br)cc21)c1ccc[nH]1. The van der Waals surface area contributed by atoms with Gasteiger partial charge in [-0.2, -0.15) is 0 Å². The van der Waals surface area contributed by atoms with Gasteiger partial charge in [0.15, 0.2) is 0 Å². The van der Waals surface area contributed by atoms with E-state index in [1.54, 1.807) is 24.4 Å². The predicted molar refractivity (Wildman–Crippen MR) is 70.6 cm³/mol. The van der Waals surface area contributed by atoms with Crippen LogP contribution >= 0.6 is 15.9 Å². The van der Waals surface area contributed by atoms with Crippen LogP contribution < -0.4 is 10.1 Å². The lowest BCUT2D eigenvalue weighted by molar-refractivity contribution is 0.0926. The number of hydrogen-bond acceptors (Lipinski definition) is 2. The second-order valence-corrected chi connectivity index (χ2v) is 5.08. The summed E-state index contributed by atoms with van der Waals surface area (Å²) in [6, 6.07) is 6.12. The summed E-state index contributed by atoms with van der Waals surface area (Å²) in [5, 5.41) is 2.85. The van der Waals surface area contributed by atoms with E-state index in [0.29, 0.717) is 22.5 Å². The average Bonchev–Trinajstić information content (AvgIpc) is 3.01. The summed E-state index contributed by atoms with van der Waals surface area (Å²) < 4.78 is 19.1. The summed E-state index contributed by atoms with van der Waals surface area (Å²) in [6.45, 7) is 0.303. The van der Waals surface area contributed by atoms with E-state index in [-0.39, 0.29) is 17.8 Å². The second kappa shape index (κ2) is 4.70. The van der Waals surface area contributed by atoms with Gasteiger partial charge in [-0.15, -0.1) is 0 Å². The molecule has 0 radical (unpaired) electrons. The zero-order valence-electron chi connectivity index (χ0n) is 9.74. The summed E-state index contributed by atoms with van der Waals surface area (Å²) >= 11 is 3.13. The summed E-state index contributed by atoms with van der Waals surface area (Å²) in [7, 11) is 0. The summed E-state index contributed by atoms with van der Waals surface area (Å²) in [4.78, 5) is 14.8. The van der Waals surface area contributed by atoms with Crippen molar-refractivity contribution < 1.29 is 13.9 Å². The monoisotopic (exact) mass is 324 g/mol. The Morgan fingerprint density at radius 1 is 1.53 bits per heavy atom. The Morgan fingerprint density at radius 3 is 3.11 bits per heavy atom. The van der Waals surface area contributed by atoms with Crippen LogP contribution in [0.4, 0.5) is 4.39 Å². The van der Waals surface area contributed by atoms with Crippen molar-refractivity contribution in [3.63, 3.8) is 0 Å². The Morgan fingerprint density at radius 2 is 2.37 bits per heavy atom. The molecule has 0 saturated carbocycles. The van der Waals surface area contributed by atoms with E-state index in [1.807, 2.05) is 0 Å². The van der Waals surface area contributed by atoms with Crippen molar-refractivity contribution in [2.75, 3.05) is 6.61 Å². The molecule has 6 heteroatoms. The largest absolute Gasteiger partial charge is 0.491 e. The first-order chi connectivity index (χ1) is 9.15. The molecule has 2 N–H and O–H groups in total. The highest BCUT2D eigenvalue weighted by Gasteiger charge is 2.27. The third-order valence-corrected chi connectivity index (χ3v) is 3.59. The minimum atomic E-state index is -0.380. The molecule has 0 fully saturated rings. The van der Waals surface area contributed by atoms with Crippen LogP contribution in [-0.2, 0) is 0 Å². The predicted octanol–water partition coefficient (Wildman–Crippen LogP) is 2.78. The Hall–Kier alpha value is -1.82. The second-order valence-electron chi connectivity index (χ2n) is 4.22. The number of aromatic nitrogens is 1. The topological polar surface area (TPSA) is 54.1 Å². The fourth-order valence-corrected chi connectivity index (χ4v) is 2.39. The van der Waals surface area contributed by atoms with Gasteiger partial charge >= 0.3 is 0 Å². The van der Waals surface area contributed by atoms with Crippen LogP contribution in [0, 0.1) is 5.82 Å². The third kappa shape index (κ3) is 2.23. The number of rotatable bonds is 2. The molecule has 0 aliphatic carbocycles. The molecule has 1 aromatic heterocycles. The first-order valence-electron chi connectivity index (χ1n) is 5.71. The molecule has 2 aromatic rings. The first kappa shape index (κ1) is 12.2. The number of fused-ring (bicyclic) bond motifs is 1. The van der Waals surface area contributed by atoms with Crippen molar-refractivity contribution in [2.24, 2.45) is 0 Å². The highest BCUT2D eigenvalue weighted by molar-refractivity contribution is 9.10. The number of aromatic amines is 1. The molecule has 1 aliphatic heterocycles. The molecule has 0 spiro atoms. The van der Waals surface area contributed by atoms with Crippen molar-refractivity contribution in [2.45, 2.75) is 6.04 Å². The van der Waals surface area contributed by atoms with Crippen molar-refractivity contribution in [1.82, 2.24) is 10.3 Å². The number of H-pyrrole nitrogens is 1. The molecule has 4 nitrogen and oxygen atoms in total. The number of nitrogens with one attached hydrogen (secondary N) is 2. The summed E-state index contributed by atoms with van der Waals surface area (Å²) in [5.74, 6) is -0.125. The van der Waals surface area contributed by atoms with E-state index in [1.165, 1.54) is 6.07 Å². The zero-order chi connectivity index (χ0) is 13.4. The lowest BCUT2D eigenvalue weighted by Gasteiger charge is -2.11. The number of hydrogen-bond donors (Lipinski definition) is 2. The summed E-state index contributed by atoms with van der Waals surface area (Å²) in [5.41, 5.74) is 1.25. The molecule has 1 aliphatic rings. The van der Waals surface area contributed by atoms with E-state index in [9.17, 15) is 9.18 Å². The van der Waals surface area contributed by atoms with Gasteiger partial charge < -0.3 is 15.0 Å². The van der Waals surface area contributed by atoms with Gasteiger partial charge in [0.1, 0.15) is 23.9 Å². The molecule has 1 atom stereocenters. The minimum Gasteiger partial charge on any atom is -0.491 e. The van der Waals surface area contributed by atoms with Crippen LogP contribution in [0.1, 0.15) is 22.1 Å². The van der Waals surface area contributed by atoms with Gasteiger partial charge in [-0.05, 0) is 34.1 Å². The van der Waals surface area contributed by atoms with E-state index in [4.69, 9.17) is 4.74 Å². The maximum absolute atomic E-state index is 13.4. The van der Waals surface area contributed by atoms with Gasteiger partial charge in [0.05, 0.1) is 10.5 Å². The Labute approximate surface area is 117 Å². The molecule has 19 heavy (non-hydrogen) atoms. The lowest BCUT2D eigenvalue weighted by atomic mass is 10.1. The molecule has 2 heterocycles. The quantitative estimate of drug-likeness (QED) is 0.892. The molecular weight excluding hydrogens is 315 g/mol.